The molecule has 4 rings (SSSR count). The van der Waals surface area contributed by atoms with Gasteiger partial charge in [0.2, 0.25) is 0 Å². The van der Waals surface area contributed by atoms with Gasteiger partial charge >= 0.3 is 0 Å². The highest BCUT2D eigenvalue weighted by Crippen LogP contribution is 2.34. The van der Waals surface area contributed by atoms with Crippen LogP contribution in [-0.4, -0.2) is 42.3 Å². The minimum absolute atomic E-state index is 0.00919. The molecule has 1 amide bonds. The van der Waals surface area contributed by atoms with Crippen LogP contribution in [0.1, 0.15) is 22.8 Å². The summed E-state index contributed by atoms with van der Waals surface area (Å²) in [6, 6.07) is 14.8. The van der Waals surface area contributed by atoms with Crippen LogP contribution in [0.3, 0.4) is 0 Å². The topological polar surface area (TPSA) is 87.6 Å². The van der Waals surface area contributed by atoms with E-state index in [0.717, 1.165) is 17.8 Å². The Balaban J connectivity index is 1.42. The normalized spacial score (nSPS) is 22.4. The van der Waals surface area contributed by atoms with Gasteiger partial charge in [0.1, 0.15) is 0 Å². The average molecular weight is 416 g/mol. The number of amides is 1. The highest BCUT2D eigenvalue weighted by Gasteiger charge is 2.42. The zero-order chi connectivity index (χ0) is 19.7. The summed E-state index contributed by atoms with van der Waals surface area (Å²) >= 11 is 1.46. The highest BCUT2D eigenvalue weighted by atomic mass is 32.2. The molecule has 6 nitrogen and oxygen atoms in total. The van der Waals surface area contributed by atoms with Crippen LogP contribution in [0.4, 0.5) is 11.4 Å². The number of amidine groups is 1. The van der Waals surface area contributed by atoms with Crippen LogP contribution in [0.15, 0.2) is 53.5 Å². The quantitative estimate of drug-likeness (QED) is 0.801. The van der Waals surface area contributed by atoms with Gasteiger partial charge in [-0.15, -0.1) is 0 Å². The van der Waals surface area contributed by atoms with Crippen molar-refractivity contribution < 1.29 is 13.2 Å². The molecule has 28 heavy (non-hydrogen) atoms. The molecular formula is C20H21N3O3S2. The van der Waals surface area contributed by atoms with E-state index in [1.807, 2.05) is 36.4 Å². The minimum atomic E-state index is -2.96. The summed E-state index contributed by atoms with van der Waals surface area (Å²) in [5.41, 5.74) is 3.26. The predicted octanol–water partition coefficient (Wildman–Crippen LogP) is 3.18. The van der Waals surface area contributed by atoms with Gasteiger partial charge in [-0.3, -0.25) is 9.79 Å². The summed E-state index contributed by atoms with van der Waals surface area (Å²) in [7, 11) is -2.96. The fourth-order valence-electron chi connectivity index (χ4n) is 3.30. The van der Waals surface area contributed by atoms with E-state index in [9.17, 15) is 13.2 Å². The van der Waals surface area contributed by atoms with Crippen molar-refractivity contribution >= 4 is 44.0 Å². The van der Waals surface area contributed by atoms with Crippen LogP contribution in [-0.2, 0) is 16.3 Å². The molecule has 1 fully saturated rings. The molecule has 0 radical (unpaired) electrons. The van der Waals surface area contributed by atoms with E-state index in [4.69, 9.17) is 0 Å². The molecule has 2 aromatic rings. The molecular weight excluding hydrogens is 394 g/mol. The second kappa shape index (κ2) is 7.60. The molecule has 2 aliphatic rings. The van der Waals surface area contributed by atoms with Crippen molar-refractivity contribution in [3.05, 3.63) is 59.7 Å². The lowest BCUT2D eigenvalue weighted by Crippen LogP contribution is -2.14. The Bertz CT molecular complexity index is 1030. The van der Waals surface area contributed by atoms with Gasteiger partial charge in [0.25, 0.3) is 5.91 Å². The van der Waals surface area contributed by atoms with Crippen molar-refractivity contribution in [3.8, 4) is 0 Å². The van der Waals surface area contributed by atoms with E-state index in [-0.39, 0.29) is 28.7 Å². The smallest absolute Gasteiger partial charge is 0.255 e. The average Bonchev–Trinajstić information content (AvgIpc) is 3.15. The Morgan fingerprint density at radius 1 is 1.14 bits per heavy atom. The Morgan fingerprint density at radius 3 is 2.64 bits per heavy atom. The number of anilines is 2. The van der Waals surface area contributed by atoms with Crippen molar-refractivity contribution in [1.82, 2.24) is 0 Å². The predicted molar refractivity (Wildman–Crippen MR) is 115 cm³/mol. The number of nitrogens with zero attached hydrogens (tertiary/aromatic N) is 1. The summed E-state index contributed by atoms with van der Waals surface area (Å²) in [5, 5.41) is 6.81. The second-order valence-electron chi connectivity index (χ2n) is 6.95. The van der Waals surface area contributed by atoms with Gasteiger partial charge in [-0.2, -0.15) is 0 Å². The molecule has 1 saturated heterocycles. The third kappa shape index (κ3) is 4.23. The molecule has 2 atom stereocenters. The van der Waals surface area contributed by atoms with Gasteiger partial charge < -0.3 is 10.6 Å². The number of thioether (sulfide) groups is 1. The number of sulfone groups is 1. The minimum Gasteiger partial charge on any atom is -0.335 e. The first-order chi connectivity index (χ1) is 13.4. The van der Waals surface area contributed by atoms with Crippen molar-refractivity contribution in [3.63, 3.8) is 0 Å². The monoisotopic (exact) mass is 415 g/mol. The van der Waals surface area contributed by atoms with Gasteiger partial charge in [-0.05, 0) is 42.3 Å². The lowest BCUT2D eigenvalue weighted by molar-refractivity contribution is 0.102. The standard InChI is InChI=1S/C20H21N3O3S2/c1-2-13-6-8-15(9-7-13)21-19(24)14-4-3-5-16(10-14)22-20-23-17-11-28(25,26)12-18(17)27-20/h3-10,17-18H,2,11-12H2,1H3,(H,21,24)(H,22,23)/t17-,18+/m1/s1. The number of fused-ring (bicyclic) bond motifs is 1. The second-order valence-corrected chi connectivity index (χ2v) is 10.3. The molecule has 0 unspecified atom stereocenters. The summed E-state index contributed by atoms with van der Waals surface area (Å²) in [6.45, 7) is 2.09. The summed E-state index contributed by atoms with van der Waals surface area (Å²) in [6.07, 6.45) is 0.956. The lowest BCUT2D eigenvalue weighted by Gasteiger charge is -2.10. The van der Waals surface area contributed by atoms with Gasteiger partial charge in [0.15, 0.2) is 15.0 Å². The molecule has 0 saturated carbocycles. The Hall–Kier alpha value is -2.32. The van der Waals surface area contributed by atoms with Crippen LogP contribution < -0.4 is 10.6 Å². The van der Waals surface area contributed by atoms with Crippen molar-refractivity contribution in [2.24, 2.45) is 4.99 Å². The number of aliphatic imine (C=N–C) groups is 1. The Kier molecular flexibility index (Phi) is 5.16. The molecule has 2 N–H and O–H groups in total. The van der Waals surface area contributed by atoms with Crippen molar-refractivity contribution in [2.45, 2.75) is 24.6 Å². The van der Waals surface area contributed by atoms with Gasteiger partial charge in [0.05, 0.1) is 17.5 Å². The molecule has 0 aliphatic carbocycles. The number of nitrogens with one attached hydrogen (secondary N) is 2. The number of hydrogen-bond donors (Lipinski definition) is 2. The molecule has 0 aromatic heterocycles. The molecule has 2 aliphatic heterocycles. The van der Waals surface area contributed by atoms with Crippen molar-refractivity contribution in [1.29, 1.82) is 0 Å². The van der Waals surface area contributed by atoms with E-state index >= 15 is 0 Å². The van der Waals surface area contributed by atoms with Crippen LogP contribution >= 0.6 is 11.8 Å². The van der Waals surface area contributed by atoms with Crippen LogP contribution in [0.5, 0.6) is 0 Å². The maximum atomic E-state index is 12.5. The first-order valence-corrected chi connectivity index (χ1v) is 11.8. The first kappa shape index (κ1) is 19.0. The Labute approximate surface area is 168 Å². The maximum absolute atomic E-state index is 12.5. The lowest BCUT2D eigenvalue weighted by atomic mass is 10.1. The largest absolute Gasteiger partial charge is 0.335 e. The van der Waals surface area contributed by atoms with E-state index in [1.54, 1.807) is 12.1 Å². The fraction of sp³-hybridized carbons (Fsp3) is 0.300. The maximum Gasteiger partial charge on any atom is 0.255 e. The van der Waals surface area contributed by atoms with E-state index in [1.165, 1.54) is 17.3 Å². The number of benzene rings is 2. The highest BCUT2D eigenvalue weighted by molar-refractivity contribution is 8.15. The Morgan fingerprint density at radius 2 is 1.93 bits per heavy atom. The molecule has 2 aromatic carbocycles. The number of carbonyl (C=O) groups excluding carboxylic acids is 1. The zero-order valence-electron chi connectivity index (χ0n) is 15.4. The van der Waals surface area contributed by atoms with Crippen LogP contribution in [0.25, 0.3) is 0 Å². The number of aryl methyl sites for hydroxylation is 1. The summed E-state index contributed by atoms with van der Waals surface area (Å²) in [4.78, 5) is 17.0. The number of rotatable bonds is 4. The van der Waals surface area contributed by atoms with Crippen LogP contribution in [0, 0.1) is 0 Å². The third-order valence-corrected chi connectivity index (χ3v) is 7.96. The van der Waals surface area contributed by atoms with Crippen LogP contribution in [0.2, 0.25) is 0 Å². The summed E-state index contributed by atoms with van der Waals surface area (Å²) < 4.78 is 23.3. The van der Waals surface area contributed by atoms with Gasteiger partial charge in [0, 0.05) is 22.2 Å². The molecule has 0 bridgehead atoms. The molecule has 0 spiro atoms. The molecule has 2 heterocycles. The summed E-state index contributed by atoms with van der Waals surface area (Å²) in [5.74, 6) is 0.114. The van der Waals surface area contributed by atoms with E-state index in [0.29, 0.717) is 10.7 Å². The van der Waals surface area contributed by atoms with E-state index in [2.05, 4.69) is 22.5 Å². The van der Waals surface area contributed by atoms with Gasteiger partial charge in [-0.25, -0.2) is 8.42 Å². The number of hydrogen-bond acceptors (Lipinski definition) is 6. The zero-order valence-corrected chi connectivity index (χ0v) is 17.0. The van der Waals surface area contributed by atoms with E-state index < -0.39 is 9.84 Å². The third-order valence-electron chi connectivity index (χ3n) is 4.81. The van der Waals surface area contributed by atoms with Crippen molar-refractivity contribution in [2.75, 3.05) is 22.1 Å². The first-order valence-electron chi connectivity index (χ1n) is 9.14. The van der Waals surface area contributed by atoms with Gasteiger partial charge in [-0.1, -0.05) is 36.9 Å². The SMILES string of the molecule is CCc1ccc(NC(=O)c2cccc(NC3=N[C@@H]4CS(=O)(=O)C[C@@H]4S3)c2)cc1. The molecule has 8 heteroatoms. The molecule has 146 valence electrons. The number of carbonyl (C=O) groups is 1. The fourth-order valence-corrected chi connectivity index (χ4v) is 6.98.